The second kappa shape index (κ2) is 3.78. The number of aliphatic hydroxyl groups excluding tert-OH is 1. The fourth-order valence-corrected chi connectivity index (χ4v) is 0.516. The van der Waals surface area contributed by atoms with E-state index in [1.165, 1.54) is 0 Å². The Morgan fingerprint density at radius 2 is 1.91 bits per heavy atom. The first-order valence-corrected chi connectivity index (χ1v) is 3.71. The molecule has 11 heavy (non-hydrogen) atoms. The van der Waals surface area contributed by atoms with Crippen LogP contribution in [0, 0.1) is 0 Å². The van der Waals surface area contributed by atoms with Gasteiger partial charge in [-0.25, -0.2) is 4.39 Å². The largest absolute Gasteiger partial charge is 0.392 e. The van der Waals surface area contributed by atoms with Gasteiger partial charge in [-0.3, -0.25) is 0 Å². The third kappa shape index (κ3) is 3.44. The van der Waals surface area contributed by atoms with Crippen molar-refractivity contribution in [2.75, 3.05) is 6.61 Å². The highest BCUT2D eigenvalue weighted by molar-refractivity contribution is 9.10. The quantitative estimate of drug-likeness (QED) is 0.605. The van der Waals surface area contributed by atoms with E-state index >= 15 is 0 Å². The molecule has 1 nitrogen and oxygen atoms in total. The molecule has 0 bridgehead atoms. The Hall–Kier alpha value is 0.260. The molecule has 0 saturated heterocycles. The average Bonchev–Trinajstić information content (AvgIpc) is 1.81. The van der Waals surface area contributed by atoms with E-state index < -0.39 is 16.6 Å². The molecule has 0 aliphatic heterocycles. The van der Waals surface area contributed by atoms with Crippen LogP contribution >= 0.6 is 27.5 Å². The second-order valence-electron chi connectivity index (χ2n) is 1.71. The Labute approximate surface area is 75.0 Å². The van der Waals surface area contributed by atoms with Crippen LogP contribution in [0.3, 0.4) is 0 Å². The highest BCUT2D eigenvalue weighted by atomic mass is 79.9. The van der Waals surface area contributed by atoms with E-state index in [1.807, 2.05) is 0 Å². The summed E-state index contributed by atoms with van der Waals surface area (Å²) >= 11 is 6.49. The Morgan fingerprint density at radius 1 is 1.45 bits per heavy atom. The summed E-state index contributed by atoms with van der Waals surface area (Å²) in [4.78, 5) is -3.84. The predicted octanol–water partition coefficient (Wildman–Crippen LogP) is 2.43. The van der Waals surface area contributed by atoms with Crippen molar-refractivity contribution >= 4 is 27.5 Å². The standard InChI is InChI=1S/C5H5BrClF3O/c6-5(9,10)4(7,8)2-1-3-11/h1-2,11H,3H2/b2-1+/t4-/m0/s1. The first-order valence-electron chi connectivity index (χ1n) is 2.54. The Morgan fingerprint density at radius 3 is 2.18 bits per heavy atom. The molecule has 0 aromatic heterocycles. The zero-order valence-electron chi connectivity index (χ0n) is 5.20. The van der Waals surface area contributed by atoms with E-state index in [2.05, 4.69) is 0 Å². The molecular formula is C5H5BrClF3O. The molecule has 0 heterocycles. The molecule has 1 N–H and O–H groups in total. The highest BCUT2D eigenvalue weighted by Crippen LogP contribution is 2.42. The van der Waals surface area contributed by atoms with Gasteiger partial charge in [-0.05, 0) is 22.0 Å². The van der Waals surface area contributed by atoms with E-state index in [4.69, 9.17) is 16.7 Å². The number of alkyl halides is 5. The fourth-order valence-electron chi connectivity index (χ4n) is 0.295. The minimum Gasteiger partial charge on any atom is -0.392 e. The van der Waals surface area contributed by atoms with Crippen LogP contribution in [-0.2, 0) is 0 Å². The fraction of sp³-hybridized carbons (Fsp3) is 0.600. The molecule has 6 heteroatoms. The topological polar surface area (TPSA) is 20.2 Å². The smallest absolute Gasteiger partial charge is 0.352 e. The summed E-state index contributed by atoms with van der Waals surface area (Å²) in [6, 6.07) is 0. The first-order chi connectivity index (χ1) is 4.81. The van der Waals surface area contributed by atoms with E-state index in [1.54, 1.807) is 15.9 Å². The van der Waals surface area contributed by atoms with E-state index in [0.29, 0.717) is 6.08 Å². The predicted molar refractivity (Wildman–Crippen MR) is 39.8 cm³/mol. The van der Waals surface area contributed by atoms with Gasteiger partial charge in [0, 0.05) is 0 Å². The van der Waals surface area contributed by atoms with Gasteiger partial charge in [0.1, 0.15) is 0 Å². The summed E-state index contributed by atoms with van der Waals surface area (Å²) < 4.78 is 36.8. The van der Waals surface area contributed by atoms with Crippen molar-refractivity contribution < 1.29 is 18.3 Å². The summed E-state index contributed by atoms with van der Waals surface area (Å²) in [5.74, 6) is 0. The minimum atomic E-state index is -3.84. The van der Waals surface area contributed by atoms with Gasteiger partial charge < -0.3 is 5.11 Å². The Bertz CT molecular complexity index is 154. The van der Waals surface area contributed by atoms with Crippen molar-refractivity contribution in [3.8, 4) is 0 Å². The average molecular weight is 253 g/mol. The Kier molecular flexibility index (Phi) is 3.87. The lowest BCUT2D eigenvalue weighted by Crippen LogP contribution is -2.31. The van der Waals surface area contributed by atoms with Crippen LogP contribution in [0.25, 0.3) is 0 Å². The van der Waals surface area contributed by atoms with Gasteiger partial charge in [0.25, 0.3) is 5.13 Å². The molecule has 66 valence electrons. The third-order valence-electron chi connectivity index (χ3n) is 0.811. The maximum Gasteiger partial charge on any atom is 0.352 e. The molecular weight excluding hydrogens is 248 g/mol. The summed E-state index contributed by atoms with van der Waals surface area (Å²) in [6.45, 7) is -0.540. The van der Waals surface area contributed by atoms with Gasteiger partial charge in [-0.2, -0.15) is 8.78 Å². The van der Waals surface area contributed by atoms with Crippen LogP contribution in [0.15, 0.2) is 12.2 Å². The van der Waals surface area contributed by atoms with Crippen LogP contribution < -0.4 is 0 Å². The van der Waals surface area contributed by atoms with Crippen LogP contribution in [0.2, 0.25) is 0 Å². The lowest BCUT2D eigenvalue weighted by molar-refractivity contribution is 0.0216. The molecule has 0 saturated carbocycles. The first kappa shape index (κ1) is 11.3. The van der Waals surface area contributed by atoms with E-state index in [9.17, 15) is 13.2 Å². The number of hydrogen-bond donors (Lipinski definition) is 1. The molecule has 0 rings (SSSR count). The van der Waals surface area contributed by atoms with Gasteiger partial charge in [0.05, 0.1) is 6.61 Å². The summed E-state index contributed by atoms with van der Waals surface area (Å²) in [7, 11) is 0. The maximum atomic E-state index is 12.6. The van der Waals surface area contributed by atoms with Crippen molar-refractivity contribution in [1.82, 2.24) is 0 Å². The number of rotatable bonds is 3. The van der Waals surface area contributed by atoms with E-state index in [-0.39, 0.29) is 0 Å². The summed E-state index contributed by atoms with van der Waals surface area (Å²) in [5, 5.41) is 4.83. The second-order valence-corrected chi connectivity index (χ2v) is 3.25. The van der Waals surface area contributed by atoms with Gasteiger partial charge in [-0.15, -0.1) is 0 Å². The van der Waals surface area contributed by atoms with Crippen molar-refractivity contribution in [2.24, 2.45) is 0 Å². The third-order valence-corrected chi connectivity index (χ3v) is 1.98. The summed E-state index contributed by atoms with van der Waals surface area (Å²) in [6.07, 6.45) is 1.17. The van der Waals surface area contributed by atoms with Crippen LogP contribution in [0.5, 0.6) is 0 Å². The number of aliphatic hydroxyl groups is 1. The zero-order chi connectivity index (χ0) is 9.12. The molecule has 0 fully saturated rings. The summed E-state index contributed by atoms with van der Waals surface area (Å²) in [5.41, 5.74) is 0. The monoisotopic (exact) mass is 252 g/mol. The molecule has 1 atom stereocenters. The van der Waals surface area contributed by atoms with Gasteiger partial charge in [0.2, 0.25) is 0 Å². The molecule has 0 amide bonds. The minimum absolute atomic E-state index is 0.378. The van der Waals surface area contributed by atoms with Gasteiger partial charge >= 0.3 is 4.83 Å². The van der Waals surface area contributed by atoms with Crippen molar-refractivity contribution in [1.29, 1.82) is 0 Å². The Balaban J connectivity index is 4.34. The molecule has 0 aliphatic rings. The molecule has 0 radical (unpaired) electrons. The van der Waals surface area contributed by atoms with Crippen LogP contribution in [0.1, 0.15) is 0 Å². The van der Waals surface area contributed by atoms with Crippen LogP contribution in [-0.4, -0.2) is 21.7 Å². The number of halogens is 5. The molecule has 0 aromatic carbocycles. The zero-order valence-corrected chi connectivity index (χ0v) is 7.54. The normalized spacial score (nSPS) is 18.7. The van der Waals surface area contributed by atoms with Crippen LogP contribution in [0.4, 0.5) is 13.2 Å². The molecule has 0 aromatic rings. The highest BCUT2D eigenvalue weighted by Gasteiger charge is 2.49. The molecule has 0 aliphatic carbocycles. The molecule has 0 spiro atoms. The van der Waals surface area contributed by atoms with Crippen molar-refractivity contribution in [3.63, 3.8) is 0 Å². The molecule has 0 unspecified atom stereocenters. The number of allylic oxidation sites excluding steroid dienone is 1. The SMILES string of the molecule is OC/C=C/[C@@](F)(Cl)C(F)(F)Br. The van der Waals surface area contributed by atoms with Crippen molar-refractivity contribution in [2.45, 2.75) is 9.96 Å². The van der Waals surface area contributed by atoms with Gasteiger partial charge in [-0.1, -0.05) is 17.7 Å². The maximum absolute atomic E-state index is 12.6. The lowest BCUT2D eigenvalue weighted by Gasteiger charge is -2.18. The van der Waals surface area contributed by atoms with Crippen molar-refractivity contribution in [3.05, 3.63) is 12.2 Å². The van der Waals surface area contributed by atoms with E-state index in [0.717, 1.165) is 6.08 Å². The number of hydrogen-bond acceptors (Lipinski definition) is 1. The van der Waals surface area contributed by atoms with Gasteiger partial charge in [0.15, 0.2) is 0 Å². The lowest BCUT2D eigenvalue weighted by atomic mass is 10.3.